The number of hydrogen-bond donors (Lipinski definition) is 1. The van der Waals surface area contributed by atoms with Gasteiger partial charge in [0.05, 0.1) is 4.92 Å². The van der Waals surface area contributed by atoms with Gasteiger partial charge in [0.1, 0.15) is 0 Å². The van der Waals surface area contributed by atoms with E-state index in [1.165, 1.54) is 17.7 Å². The number of carbonyl (C=O) groups excluding carboxylic acids is 1. The first-order valence-electron chi connectivity index (χ1n) is 8.53. The summed E-state index contributed by atoms with van der Waals surface area (Å²) >= 11 is 3.49. The van der Waals surface area contributed by atoms with Crippen LogP contribution in [0.2, 0.25) is 0 Å². The fourth-order valence-corrected chi connectivity index (χ4v) is 3.63. The molecule has 1 saturated heterocycles. The Balaban J connectivity index is 1.52. The van der Waals surface area contributed by atoms with Crippen molar-refractivity contribution in [2.24, 2.45) is 5.92 Å². The number of anilines is 1. The van der Waals surface area contributed by atoms with E-state index in [1.54, 1.807) is 12.1 Å². The maximum absolute atomic E-state index is 12.5. The van der Waals surface area contributed by atoms with Crippen molar-refractivity contribution in [3.63, 3.8) is 0 Å². The first kappa shape index (κ1) is 18.5. The minimum atomic E-state index is -0.462. The minimum Gasteiger partial charge on any atom is -0.326 e. The zero-order chi connectivity index (χ0) is 18.5. The summed E-state index contributed by atoms with van der Waals surface area (Å²) in [6.45, 7) is 2.59. The normalized spacial score (nSPS) is 15.6. The molecule has 1 fully saturated rings. The molecule has 26 heavy (non-hydrogen) atoms. The Morgan fingerprint density at radius 3 is 2.62 bits per heavy atom. The second kappa shape index (κ2) is 8.42. The maximum Gasteiger partial charge on any atom is 0.271 e. The average molecular weight is 418 g/mol. The van der Waals surface area contributed by atoms with Crippen LogP contribution in [0, 0.1) is 16.0 Å². The Kier molecular flexibility index (Phi) is 6.00. The fraction of sp³-hybridized carbons (Fsp3) is 0.316. The van der Waals surface area contributed by atoms with Gasteiger partial charge >= 0.3 is 0 Å². The van der Waals surface area contributed by atoms with Crippen LogP contribution in [-0.4, -0.2) is 28.8 Å². The van der Waals surface area contributed by atoms with E-state index < -0.39 is 4.92 Å². The summed E-state index contributed by atoms with van der Waals surface area (Å²) in [6.07, 6.45) is 1.57. The molecule has 1 N–H and O–H groups in total. The molecule has 0 saturated carbocycles. The predicted octanol–water partition coefficient (Wildman–Crippen LogP) is 4.21. The number of carbonyl (C=O) groups is 1. The van der Waals surface area contributed by atoms with Crippen molar-refractivity contribution in [1.82, 2.24) is 4.90 Å². The van der Waals surface area contributed by atoms with E-state index in [0.717, 1.165) is 36.9 Å². The zero-order valence-corrected chi connectivity index (χ0v) is 15.8. The Morgan fingerprint density at radius 1 is 1.19 bits per heavy atom. The van der Waals surface area contributed by atoms with Crippen LogP contribution in [0.3, 0.4) is 0 Å². The Morgan fingerprint density at radius 2 is 1.92 bits per heavy atom. The number of rotatable bonds is 5. The van der Waals surface area contributed by atoms with Gasteiger partial charge < -0.3 is 5.32 Å². The molecule has 136 valence electrons. The predicted molar refractivity (Wildman–Crippen MR) is 104 cm³/mol. The molecule has 0 bridgehead atoms. The topological polar surface area (TPSA) is 75.5 Å². The van der Waals surface area contributed by atoms with Crippen LogP contribution in [-0.2, 0) is 11.3 Å². The summed E-state index contributed by atoms with van der Waals surface area (Å²) < 4.78 is 1.07. The number of nitrogens with one attached hydrogen (secondary N) is 1. The maximum atomic E-state index is 12.5. The van der Waals surface area contributed by atoms with E-state index in [-0.39, 0.29) is 17.5 Å². The van der Waals surface area contributed by atoms with Crippen molar-refractivity contribution in [3.05, 3.63) is 68.7 Å². The lowest BCUT2D eigenvalue weighted by Crippen LogP contribution is -2.37. The summed E-state index contributed by atoms with van der Waals surface area (Å²) in [5.74, 6) is -0.124. The molecule has 0 spiro atoms. The van der Waals surface area contributed by atoms with Crippen LogP contribution in [0.1, 0.15) is 18.4 Å². The molecule has 0 atom stereocenters. The van der Waals surface area contributed by atoms with E-state index in [4.69, 9.17) is 0 Å². The first-order valence-corrected chi connectivity index (χ1v) is 9.33. The average Bonchev–Trinajstić information content (AvgIpc) is 2.62. The van der Waals surface area contributed by atoms with Crippen LogP contribution >= 0.6 is 15.9 Å². The lowest BCUT2D eigenvalue weighted by Gasteiger charge is -2.31. The lowest BCUT2D eigenvalue weighted by atomic mass is 9.95. The van der Waals surface area contributed by atoms with Gasteiger partial charge in [0.2, 0.25) is 5.91 Å². The van der Waals surface area contributed by atoms with Gasteiger partial charge in [0.15, 0.2) is 0 Å². The number of amides is 1. The second-order valence-corrected chi connectivity index (χ2v) is 7.39. The SMILES string of the molecule is O=C(Nc1cccc([N+](=O)[O-])c1)C1CCN(Cc2cccc(Br)c2)CC1. The molecule has 2 aromatic rings. The van der Waals surface area contributed by atoms with Crippen molar-refractivity contribution >= 4 is 33.2 Å². The van der Waals surface area contributed by atoms with Gasteiger partial charge in [-0.05, 0) is 49.7 Å². The van der Waals surface area contributed by atoms with E-state index >= 15 is 0 Å². The van der Waals surface area contributed by atoms with E-state index in [2.05, 4.69) is 38.3 Å². The molecule has 2 aromatic carbocycles. The summed E-state index contributed by atoms with van der Waals surface area (Å²) in [4.78, 5) is 25.2. The van der Waals surface area contributed by atoms with Crippen LogP contribution in [0.15, 0.2) is 53.0 Å². The van der Waals surface area contributed by atoms with E-state index in [1.807, 2.05) is 12.1 Å². The first-order chi connectivity index (χ1) is 12.5. The highest BCUT2D eigenvalue weighted by molar-refractivity contribution is 9.10. The van der Waals surface area contributed by atoms with Gasteiger partial charge in [-0.25, -0.2) is 0 Å². The molecule has 3 rings (SSSR count). The van der Waals surface area contributed by atoms with E-state index in [9.17, 15) is 14.9 Å². The fourth-order valence-electron chi connectivity index (χ4n) is 3.19. The van der Waals surface area contributed by atoms with Crippen molar-refractivity contribution in [2.45, 2.75) is 19.4 Å². The number of likely N-dealkylation sites (tertiary alicyclic amines) is 1. The van der Waals surface area contributed by atoms with E-state index in [0.29, 0.717) is 5.69 Å². The standard InChI is InChI=1S/C19H20BrN3O3/c20-16-4-1-3-14(11-16)13-22-9-7-15(8-10-22)19(24)21-17-5-2-6-18(12-17)23(25)26/h1-6,11-12,15H,7-10,13H2,(H,21,24). The number of nitrogens with zero attached hydrogens (tertiary/aromatic N) is 2. The van der Waals surface area contributed by atoms with Crippen LogP contribution < -0.4 is 5.32 Å². The van der Waals surface area contributed by atoms with Crippen molar-refractivity contribution in [3.8, 4) is 0 Å². The second-order valence-electron chi connectivity index (χ2n) is 6.48. The van der Waals surface area contributed by atoms with Gasteiger partial charge in [-0.3, -0.25) is 19.8 Å². The number of halogens is 1. The molecule has 0 aromatic heterocycles. The number of nitro benzene ring substituents is 1. The van der Waals surface area contributed by atoms with Crippen LogP contribution in [0.25, 0.3) is 0 Å². The molecule has 0 aliphatic carbocycles. The molecule has 1 heterocycles. The molecule has 1 aliphatic rings. The Hall–Kier alpha value is -2.25. The summed E-state index contributed by atoms with van der Waals surface area (Å²) in [6, 6.07) is 14.3. The van der Waals surface area contributed by atoms with Crippen molar-refractivity contribution in [2.75, 3.05) is 18.4 Å². The van der Waals surface area contributed by atoms with Gasteiger partial charge in [0.25, 0.3) is 5.69 Å². The van der Waals surface area contributed by atoms with Crippen LogP contribution in [0.5, 0.6) is 0 Å². The molecule has 0 unspecified atom stereocenters. The van der Waals surface area contributed by atoms with Gasteiger partial charge in [-0.15, -0.1) is 0 Å². The summed E-state index contributed by atoms with van der Waals surface area (Å²) in [5, 5.41) is 13.6. The summed E-state index contributed by atoms with van der Waals surface area (Å²) in [7, 11) is 0. The van der Waals surface area contributed by atoms with Crippen LogP contribution in [0.4, 0.5) is 11.4 Å². The number of non-ortho nitro benzene ring substituents is 1. The molecular formula is C19H20BrN3O3. The molecule has 0 radical (unpaired) electrons. The number of hydrogen-bond acceptors (Lipinski definition) is 4. The molecule has 1 amide bonds. The molecule has 7 heteroatoms. The highest BCUT2D eigenvalue weighted by Crippen LogP contribution is 2.23. The van der Waals surface area contributed by atoms with Crippen molar-refractivity contribution < 1.29 is 9.72 Å². The highest BCUT2D eigenvalue weighted by atomic mass is 79.9. The minimum absolute atomic E-state index is 0.0216. The van der Waals surface area contributed by atoms with Gasteiger partial charge in [0, 0.05) is 34.8 Å². The zero-order valence-electron chi connectivity index (χ0n) is 14.2. The quantitative estimate of drug-likeness (QED) is 0.583. The lowest BCUT2D eigenvalue weighted by molar-refractivity contribution is -0.384. The number of nitro groups is 1. The Bertz CT molecular complexity index is 804. The van der Waals surface area contributed by atoms with Crippen molar-refractivity contribution in [1.29, 1.82) is 0 Å². The molecule has 1 aliphatic heterocycles. The number of benzene rings is 2. The molecular weight excluding hydrogens is 398 g/mol. The van der Waals surface area contributed by atoms with Gasteiger partial charge in [-0.1, -0.05) is 34.1 Å². The monoisotopic (exact) mass is 417 g/mol. The molecule has 6 nitrogen and oxygen atoms in total. The third-order valence-electron chi connectivity index (χ3n) is 4.58. The number of piperidine rings is 1. The van der Waals surface area contributed by atoms with Gasteiger partial charge in [-0.2, -0.15) is 0 Å². The third kappa shape index (κ3) is 4.89. The summed E-state index contributed by atoms with van der Waals surface area (Å²) in [5.41, 5.74) is 1.70. The smallest absolute Gasteiger partial charge is 0.271 e. The Labute approximate surface area is 160 Å². The largest absolute Gasteiger partial charge is 0.326 e. The third-order valence-corrected chi connectivity index (χ3v) is 5.07. The highest BCUT2D eigenvalue weighted by Gasteiger charge is 2.25.